The molecule has 0 aliphatic heterocycles. The van der Waals surface area contributed by atoms with Crippen LogP contribution in [0.5, 0.6) is 5.75 Å². The topological polar surface area (TPSA) is 63.8 Å². The van der Waals surface area contributed by atoms with Crippen molar-refractivity contribution in [2.24, 2.45) is 0 Å². The second-order valence-corrected chi connectivity index (χ2v) is 2.24. The molecule has 0 atom stereocenters. The van der Waals surface area contributed by atoms with Crippen LogP contribution in [0.2, 0.25) is 0 Å². The molecule has 0 amide bonds. The molecule has 0 saturated heterocycles. The van der Waals surface area contributed by atoms with E-state index < -0.39 is 0 Å². The minimum atomic E-state index is 0.145. The van der Waals surface area contributed by atoms with Crippen LogP contribution in [0.3, 0.4) is 0 Å². The van der Waals surface area contributed by atoms with Crippen molar-refractivity contribution in [3.63, 3.8) is 0 Å². The zero-order valence-corrected chi connectivity index (χ0v) is 6.12. The van der Waals surface area contributed by atoms with Crippen LogP contribution in [0.4, 0.5) is 0 Å². The molecule has 2 aromatic heterocycles. The maximum Gasteiger partial charge on any atom is 0.139 e. The van der Waals surface area contributed by atoms with E-state index in [4.69, 9.17) is 5.11 Å². The first-order chi connectivity index (χ1) is 5.86. The van der Waals surface area contributed by atoms with E-state index >= 15 is 0 Å². The first-order valence-corrected chi connectivity index (χ1v) is 3.36. The molecule has 0 bridgehead atoms. The van der Waals surface area contributed by atoms with Crippen LogP contribution in [-0.4, -0.2) is 24.9 Å². The number of rotatable bonds is 1. The van der Waals surface area contributed by atoms with Crippen LogP contribution in [-0.2, 0) is 0 Å². The lowest BCUT2D eigenvalue weighted by atomic mass is 10.4. The molecule has 12 heavy (non-hydrogen) atoms. The number of aromatic hydroxyl groups is 1. The number of nitrogens with zero attached hydrogens (tertiary/aromatic N) is 4. The Balaban J connectivity index is 2.43. The zero-order valence-electron chi connectivity index (χ0n) is 6.12. The van der Waals surface area contributed by atoms with Crippen LogP contribution in [0.1, 0.15) is 0 Å². The Labute approximate surface area is 68.3 Å². The third kappa shape index (κ3) is 1.12. The van der Waals surface area contributed by atoms with E-state index in [0.29, 0.717) is 5.82 Å². The van der Waals surface area contributed by atoms with Crippen molar-refractivity contribution in [3.8, 4) is 11.6 Å². The number of hydrogen-bond donors (Lipinski definition) is 1. The van der Waals surface area contributed by atoms with Gasteiger partial charge in [0.05, 0.1) is 6.20 Å². The molecule has 2 rings (SSSR count). The second kappa shape index (κ2) is 2.61. The van der Waals surface area contributed by atoms with Gasteiger partial charge in [-0.05, 0) is 12.1 Å². The molecule has 0 fully saturated rings. The summed E-state index contributed by atoms with van der Waals surface area (Å²) in [5.74, 6) is 0.824. The quantitative estimate of drug-likeness (QED) is 0.657. The molecule has 0 aromatic carbocycles. The van der Waals surface area contributed by atoms with Crippen molar-refractivity contribution in [3.05, 3.63) is 31.0 Å². The Hall–Kier alpha value is -1.91. The lowest BCUT2D eigenvalue weighted by Crippen LogP contribution is -1.92. The molecule has 0 saturated carbocycles. The van der Waals surface area contributed by atoms with E-state index in [9.17, 15) is 0 Å². The van der Waals surface area contributed by atoms with E-state index in [0.717, 1.165) is 0 Å². The summed E-state index contributed by atoms with van der Waals surface area (Å²) < 4.78 is 1.65. The number of pyridine rings is 1. The molecular weight excluding hydrogens is 156 g/mol. The largest absolute Gasteiger partial charge is 0.506 e. The van der Waals surface area contributed by atoms with Crippen molar-refractivity contribution in [1.29, 1.82) is 0 Å². The summed E-state index contributed by atoms with van der Waals surface area (Å²) >= 11 is 0. The molecule has 2 heterocycles. The maximum absolute atomic E-state index is 8.95. The third-order valence-corrected chi connectivity index (χ3v) is 1.42. The van der Waals surface area contributed by atoms with Crippen molar-refractivity contribution in [1.82, 2.24) is 19.7 Å². The summed E-state index contributed by atoms with van der Waals surface area (Å²) in [4.78, 5) is 3.95. The number of aromatic nitrogens is 4. The van der Waals surface area contributed by atoms with Crippen molar-refractivity contribution < 1.29 is 5.11 Å². The summed E-state index contributed by atoms with van der Waals surface area (Å²) in [5.41, 5.74) is 0. The van der Waals surface area contributed by atoms with Crippen molar-refractivity contribution in [2.75, 3.05) is 0 Å². The molecule has 0 unspecified atom stereocenters. The Kier molecular flexibility index (Phi) is 1.48. The third-order valence-electron chi connectivity index (χ3n) is 1.42. The van der Waals surface area contributed by atoms with Gasteiger partial charge < -0.3 is 5.11 Å². The Morgan fingerprint density at radius 3 is 2.50 bits per heavy atom. The predicted octanol–water partition coefficient (Wildman–Crippen LogP) is 0.368. The van der Waals surface area contributed by atoms with E-state index in [1.165, 1.54) is 6.20 Å². The molecule has 0 aliphatic rings. The lowest BCUT2D eigenvalue weighted by Gasteiger charge is -1.97. The summed E-state index contributed by atoms with van der Waals surface area (Å²) in [7, 11) is 0. The van der Waals surface area contributed by atoms with Gasteiger partial charge >= 0.3 is 0 Å². The molecule has 0 aliphatic carbocycles. The first kappa shape index (κ1) is 6.78. The van der Waals surface area contributed by atoms with Gasteiger partial charge in [-0.3, -0.25) is 4.57 Å². The summed E-state index contributed by atoms with van der Waals surface area (Å²) in [6, 6.07) is 3.24. The van der Waals surface area contributed by atoms with Crippen molar-refractivity contribution >= 4 is 0 Å². The fraction of sp³-hybridized carbons (Fsp3) is 0. The van der Waals surface area contributed by atoms with Gasteiger partial charge in [-0.15, -0.1) is 10.2 Å². The van der Waals surface area contributed by atoms with Gasteiger partial charge in [0.1, 0.15) is 24.2 Å². The molecule has 2 aromatic rings. The molecule has 60 valence electrons. The van der Waals surface area contributed by atoms with Gasteiger partial charge in [-0.25, -0.2) is 4.98 Å². The minimum absolute atomic E-state index is 0.145. The van der Waals surface area contributed by atoms with Gasteiger partial charge in [0.15, 0.2) is 0 Å². The highest BCUT2D eigenvalue weighted by Gasteiger charge is 1.95. The predicted molar refractivity (Wildman–Crippen MR) is 40.8 cm³/mol. The highest BCUT2D eigenvalue weighted by Crippen LogP contribution is 2.08. The van der Waals surface area contributed by atoms with Crippen LogP contribution >= 0.6 is 0 Å². The van der Waals surface area contributed by atoms with Gasteiger partial charge in [0.25, 0.3) is 0 Å². The Bertz CT molecular complexity index is 353. The lowest BCUT2D eigenvalue weighted by molar-refractivity contribution is 0.472. The average molecular weight is 162 g/mol. The fourth-order valence-electron chi connectivity index (χ4n) is 0.850. The van der Waals surface area contributed by atoms with Gasteiger partial charge in [-0.1, -0.05) is 0 Å². The Morgan fingerprint density at radius 1 is 1.17 bits per heavy atom. The zero-order chi connectivity index (χ0) is 8.39. The van der Waals surface area contributed by atoms with Gasteiger partial charge in [0, 0.05) is 0 Å². The van der Waals surface area contributed by atoms with Crippen LogP contribution in [0, 0.1) is 0 Å². The highest BCUT2D eigenvalue weighted by atomic mass is 16.3. The second-order valence-electron chi connectivity index (χ2n) is 2.24. The average Bonchev–Trinajstić information content (AvgIpc) is 2.58. The van der Waals surface area contributed by atoms with Gasteiger partial charge in [-0.2, -0.15) is 0 Å². The molecule has 5 nitrogen and oxygen atoms in total. The van der Waals surface area contributed by atoms with E-state index in [1.54, 1.807) is 29.4 Å². The van der Waals surface area contributed by atoms with Crippen LogP contribution < -0.4 is 0 Å². The van der Waals surface area contributed by atoms with E-state index in [-0.39, 0.29) is 5.75 Å². The first-order valence-electron chi connectivity index (χ1n) is 3.36. The van der Waals surface area contributed by atoms with Crippen LogP contribution in [0.15, 0.2) is 31.0 Å². The summed E-state index contributed by atoms with van der Waals surface area (Å²) in [6.45, 7) is 0. The fourth-order valence-corrected chi connectivity index (χ4v) is 0.850. The number of hydrogen-bond acceptors (Lipinski definition) is 4. The molecule has 1 N–H and O–H groups in total. The molecular formula is C7H6N4O. The normalized spacial score (nSPS) is 10.0. The summed E-state index contributed by atoms with van der Waals surface area (Å²) in [6.07, 6.45) is 4.45. The highest BCUT2D eigenvalue weighted by molar-refractivity contribution is 5.26. The SMILES string of the molecule is Oc1ccc(-n2cnnc2)nc1. The molecule has 5 heteroatoms. The minimum Gasteiger partial charge on any atom is -0.506 e. The monoisotopic (exact) mass is 162 g/mol. The van der Waals surface area contributed by atoms with E-state index in [2.05, 4.69) is 15.2 Å². The molecule has 0 spiro atoms. The van der Waals surface area contributed by atoms with E-state index in [1.807, 2.05) is 0 Å². The standard InChI is InChI=1S/C7H6N4O/c12-6-1-2-7(8-3-6)11-4-9-10-5-11/h1-5,12H. The smallest absolute Gasteiger partial charge is 0.139 e. The molecule has 0 radical (unpaired) electrons. The van der Waals surface area contributed by atoms with Crippen LogP contribution in [0.25, 0.3) is 5.82 Å². The summed E-state index contributed by atoms with van der Waals surface area (Å²) in [5, 5.41) is 16.2. The maximum atomic E-state index is 8.95. The van der Waals surface area contributed by atoms with Gasteiger partial charge in [0.2, 0.25) is 0 Å². The Morgan fingerprint density at radius 2 is 1.92 bits per heavy atom. The van der Waals surface area contributed by atoms with Crippen molar-refractivity contribution in [2.45, 2.75) is 0 Å².